The van der Waals surface area contributed by atoms with Gasteiger partial charge in [-0.05, 0) is 25.8 Å². The Balaban J connectivity index is 3.35. The lowest BCUT2D eigenvalue weighted by molar-refractivity contribution is 0.788. The van der Waals surface area contributed by atoms with Gasteiger partial charge in [-0.15, -0.1) is 0 Å². The van der Waals surface area contributed by atoms with Crippen LogP contribution in [0, 0.1) is 5.41 Å². The molecule has 0 aliphatic carbocycles. The lowest BCUT2D eigenvalue weighted by Gasteiger charge is -1.97. The topological polar surface area (TPSA) is 36.2 Å². The SMILES string of the molecule is CC/C=N\C(C)CC=N. The molecule has 0 rings (SSSR count). The highest BCUT2D eigenvalue weighted by Gasteiger charge is 1.90. The Morgan fingerprint density at radius 1 is 1.67 bits per heavy atom. The molecule has 0 fully saturated rings. The third kappa shape index (κ3) is 5.21. The third-order valence-electron chi connectivity index (χ3n) is 1.00. The summed E-state index contributed by atoms with van der Waals surface area (Å²) in [4.78, 5) is 4.16. The molecule has 1 N–H and O–H groups in total. The summed E-state index contributed by atoms with van der Waals surface area (Å²) in [6, 6.07) is 0.294. The molecule has 0 aliphatic heterocycles. The van der Waals surface area contributed by atoms with Gasteiger partial charge in [-0.25, -0.2) is 0 Å². The van der Waals surface area contributed by atoms with Crippen molar-refractivity contribution >= 4 is 12.4 Å². The van der Waals surface area contributed by atoms with Crippen LogP contribution >= 0.6 is 0 Å². The van der Waals surface area contributed by atoms with Crippen LogP contribution in [0.25, 0.3) is 0 Å². The van der Waals surface area contributed by atoms with Gasteiger partial charge >= 0.3 is 0 Å². The minimum absolute atomic E-state index is 0.294. The van der Waals surface area contributed by atoms with Crippen LogP contribution in [0.15, 0.2) is 4.99 Å². The minimum atomic E-state index is 0.294. The molecule has 0 aliphatic rings. The van der Waals surface area contributed by atoms with Crippen LogP contribution < -0.4 is 0 Å². The molecular formula is C7H14N2. The number of nitrogens with zero attached hydrogens (tertiary/aromatic N) is 1. The summed E-state index contributed by atoms with van der Waals surface area (Å²) in [5, 5.41) is 6.77. The van der Waals surface area contributed by atoms with Crippen molar-refractivity contribution in [2.24, 2.45) is 4.99 Å². The Labute approximate surface area is 56.5 Å². The van der Waals surface area contributed by atoms with Crippen molar-refractivity contribution in [1.82, 2.24) is 0 Å². The quantitative estimate of drug-likeness (QED) is 0.558. The van der Waals surface area contributed by atoms with Crippen molar-refractivity contribution in [2.75, 3.05) is 0 Å². The molecule has 2 heteroatoms. The van der Waals surface area contributed by atoms with E-state index in [1.165, 1.54) is 6.21 Å². The molecule has 0 saturated carbocycles. The fourth-order valence-electron chi connectivity index (χ4n) is 0.517. The highest BCUT2D eigenvalue weighted by atomic mass is 14.7. The van der Waals surface area contributed by atoms with Crippen LogP contribution in [0.3, 0.4) is 0 Å². The third-order valence-corrected chi connectivity index (χ3v) is 1.00. The molecule has 0 spiro atoms. The average Bonchev–Trinajstić information content (AvgIpc) is 1.85. The van der Waals surface area contributed by atoms with Crippen LogP contribution in [0.1, 0.15) is 26.7 Å². The predicted molar refractivity (Wildman–Crippen MR) is 41.6 cm³/mol. The molecular weight excluding hydrogens is 112 g/mol. The lowest BCUT2D eigenvalue weighted by atomic mass is 10.3. The zero-order valence-electron chi connectivity index (χ0n) is 6.09. The van der Waals surface area contributed by atoms with E-state index >= 15 is 0 Å². The standard InChI is InChI=1S/C7H14N2/c1-3-6-9-7(2)4-5-8/h5-8H,3-4H2,1-2H3/b8-5?,9-6-. The molecule has 52 valence electrons. The van der Waals surface area contributed by atoms with Crippen molar-refractivity contribution in [3.63, 3.8) is 0 Å². The van der Waals surface area contributed by atoms with Gasteiger partial charge in [0, 0.05) is 6.42 Å². The first-order valence-corrected chi connectivity index (χ1v) is 3.31. The fourth-order valence-corrected chi connectivity index (χ4v) is 0.517. The zero-order valence-corrected chi connectivity index (χ0v) is 6.09. The van der Waals surface area contributed by atoms with Gasteiger partial charge in [0.25, 0.3) is 0 Å². The monoisotopic (exact) mass is 126 g/mol. The fraction of sp³-hybridized carbons (Fsp3) is 0.714. The molecule has 0 aromatic rings. The van der Waals surface area contributed by atoms with Gasteiger partial charge < -0.3 is 5.41 Å². The maximum absolute atomic E-state index is 6.77. The first-order chi connectivity index (χ1) is 4.31. The number of rotatable bonds is 4. The Bertz CT molecular complexity index is 97.1. The molecule has 0 radical (unpaired) electrons. The van der Waals surface area contributed by atoms with E-state index in [4.69, 9.17) is 5.41 Å². The number of nitrogens with one attached hydrogen (secondary N) is 1. The molecule has 9 heavy (non-hydrogen) atoms. The van der Waals surface area contributed by atoms with Gasteiger partial charge in [0.05, 0.1) is 6.04 Å². The van der Waals surface area contributed by atoms with E-state index in [0.717, 1.165) is 12.8 Å². The van der Waals surface area contributed by atoms with Crippen molar-refractivity contribution in [3.8, 4) is 0 Å². The minimum Gasteiger partial charge on any atom is -0.313 e. The second-order valence-corrected chi connectivity index (χ2v) is 2.03. The second-order valence-electron chi connectivity index (χ2n) is 2.03. The van der Waals surface area contributed by atoms with E-state index in [-0.39, 0.29) is 0 Å². The summed E-state index contributed by atoms with van der Waals surface area (Å²) in [5.41, 5.74) is 0. The maximum atomic E-state index is 6.77. The molecule has 1 atom stereocenters. The second kappa shape index (κ2) is 5.48. The van der Waals surface area contributed by atoms with Gasteiger partial charge in [-0.1, -0.05) is 6.92 Å². The molecule has 0 saturated heterocycles. The highest BCUT2D eigenvalue weighted by Crippen LogP contribution is 1.91. The summed E-state index contributed by atoms with van der Waals surface area (Å²) >= 11 is 0. The summed E-state index contributed by atoms with van der Waals surface area (Å²) < 4.78 is 0. The van der Waals surface area contributed by atoms with Crippen LogP contribution in [-0.2, 0) is 0 Å². The molecule has 1 unspecified atom stereocenters. The van der Waals surface area contributed by atoms with E-state index in [0.29, 0.717) is 6.04 Å². The van der Waals surface area contributed by atoms with Crippen LogP contribution in [0.4, 0.5) is 0 Å². The highest BCUT2D eigenvalue weighted by molar-refractivity contribution is 5.58. The number of hydrogen-bond acceptors (Lipinski definition) is 2. The van der Waals surface area contributed by atoms with Crippen LogP contribution in [-0.4, -0.2) is 18.5 Å². The van der Waals surface area contributed by atoms with E-state index in [2.05, 4.69) is 11.9 Å². The predicted octanol–water partition coefficient (Wildman–Crippen LogP) is 1.90. The number of hydrogen-bond donors (Lipinski definition) is 1. The van der Waals surface area contributed by atoms with Crippen molar-refractivity contribution in [1.29, 1.82) is 5.41 Å². The molecule has 0 heterocycles. The Kier molecular flexibility index (Phi) is 5.07. The van der Waals surface area contributed by atoms with Gasteiger partial charge in [0.15, 0.2) is 0 Å². The smallest absolute Gasteiger partial charge is 0.0516 e. The summed E-state index contributed by atoms with van der Waals surface area (Å²) in [5.74, 6) is 0. The average molecular weight is 126 g/mol. The Morgan fingerprint density at radius 2 is 2.33 bits per heavy atom. The largest absolute Gasteiger partial charge is 0.313 e. The zero-order chi connectivity index (χ0) is 7.11. The first kappa shape index (κ1) is 8.34. The van der Waals surface area contributed by atoms with Crippen molar-refractivity contribution in [3.05, 3.63) is 0 Å². The molecule has 2 nitrogen and oxygen atoms in total. The summed E-state index contributed by atoms with van der Waals surface area (Å²) in [6.45, 7) is 4.07. The molecule has 0 bridgehead atoms. The van der Waals surface area contributed by atoms with E-state index in [9.17, 15) is 0 Å². The van der Waals surface area contributed by atoms with Gasteiger partial charge in [-0.3, -0.25) is 4.99 Å². The van der Waals surface area contributed by atoms with Crippen LogP contribution in [0.2, 0.25) is 0 Å². The van der Waals surface area contributed by atoms with Gasteiger partial charge in [-0.2, -0.15) is 0 Å². The summed E-state index contributed by atoms with van der Waals surface area (Å²) in [7, 11) is 0. The summed E-state index contributed by atoms with van der Waals surface area (Å²) in [6.07, 6.45) is 5.05. The lowest BCUT2D eigenvalue weighted by Crippen LogP contribution is -1.97. The number of aliphatic imine (C=N–C) groups is 1. The van der Waals surface area contributed by atoms with Crippen LogP contribution in [0.5, 0.6) is 0 Å². The molecule has 0 aromatic carbocycles. The Morgan fingerprint density at radius 3 is 2.78 bits per heavy atom. The van der Waals surface area contributed by atoms with E-state index in [1.54, 1.807) is 0 Å². The molecule has 0 aromatic heterocycles. The van der Waals surface area contributed by atoms with Crippen molar-refractivity contribution < 1.29 is 0 Å². The molecule has 0 amide bonds. The van der Waals surface area contributed by atoms with Gasteiger partial charge in [0.1, 0.15) is 0 Å². The van der Waals surface area contributed by atoms with E-state index in [1.807, 2.05) is 13.1 Å². The maximum Gasteiger partial charge on any atom is 0.0516 e. The van der Waals surface area contributed by atoms with E-state index < -0.39 is 0 Å². The van der Waals surface area contributed by atoms with Crippen molar-refractivity contribution in [2.45, 2.75) is 32.7 Å². The first-order valence-electron chi connectivity index (χ1n) is 3.31. The van der Waals surface area contributed by atoms with Gasteiger partial charge in [0.2, 0.25) is 0 Å². The Hall–Kier alpha value is -0.660. The normalized spacial score (nSPS) is 14.0.